The molecule has 1 aliphatic heterocycles. The van der Waals surface area contributed by atoms with Crippen LogP contribution in [-0.2, 0) is 10.2 Å². The molecular formula is C22H26N2O2. The highest BCUT2D eigenvalue weighted by Gasteiger charge is 2.41. The Morgan fingerprint density at radius 3 is 2.19 bits per heavy atom. The molecule has 0 aliphatic carbocycles. The maximum atomic E-state index is 12.9. The monoisotopic (exact) mass is 350 g/mol. The van der Waals surface area contributed by atoms with Gasteiger partial charge in [0.15, 0.2) is 0 Å². The van der Waals surface area contributed by atoms with E-state index in [-0.39, 0.29) is 11.7 Å². The Labute approximate surface area is 155 Å². The van der Waals surface area contributed by atoms with E-state index in [9.17, 15) is 9.59 Å². The van der Waals surface area contributed by atoms with Gasteiger partial charge in [-0.1, -0.05) is 36.4 Å². The minimum atomic E-state index is -0.469. The number of benzene rings is 2. The van der Waals surface area contributed by atoms with Gasteiger partial charge in [0.1, 0.15) is 5.78 Å². The van der Waals surface area contributed by atoms with Gasteiger partial charge in [0.2, 0.25) is 0 Å². The summed E-state index contributed by atoms with van der Waals surface area (Å²) in [6.07, 6.45) is 1.34. The summed E-state index contributed by atoms with van der Waals surface area (Å²) in [5, 5.41) is 0. The quantitative estimate of drug-likeness (QED) is 0.847. The standard InChI is InChI=1S/C22H26N2O2/c1-17(25)22(19-9-5-4-6-10-19)12-14-24(15-13-22)21(26)18-8-7-11-20(16-18)23(2)3/h4-11,16H,12-15H2,1-3H3. The molecule has 26 heavy (non-hydrogen) atoms. The molecule has 1 saturated heterocycles. The van der Waals surface area contributed by atoms with Crippen molar-refractivity contribution >= 4 is 17.4 Å². The van der Waals surface area contributed by atoms with Crippen molar-refractivity contribution in [3.63, 3.8) is 0 Å². The van der Waals surface area contributed by atoms with Crippen molar-refractivity contribution in [1.29, 1.82) is 0 Å². The molecule has 0 unspecified atom stereocenters. The fourth-order valence-corrected chi connectivity index (χ4v) is 3.79. The van der Waals surface area contributed by atoms with E-state index < -0.39 is 5.41 Å². The van der Waals surface area contributed by atoms with E-state index in [0.29, 0.717) is 31.5 Å². The maximum Gasteiger partial charge on any atom is 0.253 e. The Hall–Kier alpha value is -2.62. The van der Waals surface area contributed by atoms with Gasteiger partial charge in [-0.15, -0.1) is 0 Å². The second kappa shape index (κ2) is 7.32. The Morgan fingerprint density at radius 1 is 0.962 bits per heavy atom. The largest absolute Gasteiger partial charge is 0.378 e. The topological polar surface area (TPSA) is 40.6 Å². The molecule has 4 heteroatoms. The summed E-state index contributed by atoms with van der Waals surface area (Å²) in [5.41, 5.74) is 2.31. The van der Waals surface area contributed by atoms with Crippen molar-refractivity contribution in [3.05, 3.63) is 65.7 Å². The number of amides is 1. The highest BCUT2D eigenvalue weighted by molar-refractivity contribution is 5.96. The number of piperidine rings is 1. The van der Waals surface area contributed by atoms with E-state index in [1.807, 2.05) is 78.5 Å². The van der Waals surface area contributed by atoms with Crippen LogP contribution in [0.25, 0.3) is 0 Å². The van der Waals surface area contributed by atoms with Crippen LogP contribution in [0, 0.1) is 0 Å². The molecule has 1 heterocycles. The Morgan fingerprint density at radius 2 is 1.62 bits per heavy atom. The van der Waals surface area contributed by atoms with Crippen molar-refractivity contribution in [3.8, 4) is 0 Å². The maximum absolute atomic E-state index is 12.9. The first-order chi connectivity index (χ1) is 12.4. The molecule has 4 nitrogen and oxygen atoms in total. The summed E-state index contributed by atoms with van der Waals surface area (Å²) < 4.78 is 0. The van der Waals surface area contributed by atoms with Gasteiger partial charge in [-0.05, 0) is 43.5 Å². The summed E-state index contributed by atoms with van der Waals surface area (Å²) in [6, 6.07) is 17.7. The normalized spacial score (nSPS) is 16.2. The van der Waals surface area contributed by atoms with Gasteiger partial charge in [-0.2, -0.15) is 0 Å². The average molecular weight is 350 g/mol. The molecule has 2 aromatic rings. The Balaban J connectivity index is 1.78. The van der Waals surface area contributed by atoms with Gasteiger partial charge >= 0.3 is 0 Å². The van der Waals surface area contributed by atoms with Gasteiger partial charge in [0, 0.05) is 38.4 Å². The van der Waals surface area contributed by atoms with Gasteiger partial charge in [0.25, 0.3) is 5.91 Å². The van der Waals surface area contributed by atoms with Crippen LogP contribution in [0.3, 0.4) is 0 Å². The van der Waals surface area contributed by atoms with Crippen molar-refractivity contribution in [1.82, 2.24) is 4.90 Å². The highest BCUT2D eigenvalue weighted by atomic mass is 16.2. The Bertz CT molecular complexity index is 791. The summed E-state index contributed by atoms with van der Waals surface area (Å²) >= 11 is 0. The molecule has 136 valence electrons. The van der Waals surface area contributed by atoms with Crippen LogP contribution in [0.4, 0.5) is 5.69 Å². The molecule has 2 aromatic carbocycles. The number of ketones is 1. The number of carbonyl (C=O) groups is 2. The van der Waals surface area contributed by atoms with Gasteiger partial charge < -0.3 is 9.80 Å². The molecule has 0 saturated carbocycles. The van der Waals surface area contributed by atoms with Crippen molar-refractivity contribution in [2.75, 3.05) is 32.1 Å². The van der Waals surface area contributed by atoms with E-state index in [2.05, 4.69) is 0 Å². The number of anilines is 1. The van der Waals surface area contributed by atoms with Crippen LogP contribution < -0.4 is 4.90 Å². The highest BCUT2D eigenvalue weighted by Crippen LogP contribution is 2.36. The lowest BCUT2D eigenvalue weighted by Crippen LogP contribution is -2.48. The summed E-state index contributed by atoms with van der Waals surface area (Å²) in [4.78, 5) is 29.3. The number of nitrogens with zero attached hydrogens (tertiary/aromatic N) is 2. The fraction of sp³-hybridized carbons (Fsp3) is 0.364. The number of hydrogen-bond acceptors (Lipinski definition) is 3. The number of rotatable bonds is 4. The van der Waals surface area contributed by atoms with E-state index in [4.69, 9.17) is 0 Å². The molecule has 1 amide bonds. The molecule has 1 aliphatic rings. The van der Waals surface area contributed by atoms with Crippen LogP contribution in [0.2, 0.25) is 0 Å². The molecule has 0 spiro atoms. The lowest BCUT2D eigenvalue weighted by atomic mass is 9.70. The number of Topliss-reactive ketones (excluding diaryl/α,β-unsaturated/α-hetero) is 1. The minimum Gasteiger partial charge on any atom is -0.378 e. The smallest absolute Gasteiger partial charge is 0.253 e. The van der Waals surface area contributed by atoms with Gasteiger partial charge in [-0.3, -0.25) is 9.59 Å². The summed E-state index contributed by atoms with van der Waals surface area (Å²) in [5.74, 6) is 0.226. The fourth-order valence-electron chi connectivity index (χ4n) is 3.79. The van der Waals surface area contributed by atoms with Crippen LogP contribution in [0.1, 0.15) is 35.7 Å². The summed E-state index contributed by atoms with van der Waals surface area (Å²) in [7, 11) is 3.93. The van der Waals surface area contributed by atoms with Crippen molar-refractivity contribution in [2.24, 2.45) is 0 Å². The Kier molecular flexibility index (Phi) is 5.12. The molecule has 3 rings (SSSR count). The first-order valence-corrected chi connectivity index (χ1v) is 9.07. The zero-order chi connectivity index (χ0) is 18.7. The lowest BCUT2D eigenvalue weighted by molar-refractivity contribution is -0.124. The summed E-state index contributed by atoms with van der Waals surface area (Å²) in [6.45, 7) is 2.87. The second-order valence-electron chi connectivity index (χ2n) is 7.24. The molecule has 0 bridgehead atoms. The first kappa shape index (κ1) is 18.2. The van der Waals surface area contributed by atoms with E-state index in [1.54, 1.807) is 6.92 Å². The second-order valence-corrected chi connectivity index (χ2v) is 7.24. The van der Waals surface area contributed by atoms with Gasteiger partial charge in [-0.25, -0.2) is 0 Å². The molecule has 0 atom stereocenters. The molecule has 0 N–H and O–H groups in total. The van der Waals surface area contributed by atoms with Crippen molar-refractivity contribution < 1.29 is 9.59 Å². The zero-order valence-corrected chi connectivity index (χ0v) is 15.7. The lowest BCUT2D eigenvalue weighted by Gasteiger charge is -2.40. The minimum absolute atomic E-state index is 0.0407. The van der Waals surface area contributed by atoms with Crippen LogP contribution >= 0.6 is 0 Å². The van der Waals surface area contributed by atoms with Crippen LogP contribution in [0.5, 0.6) is 0 Å². The zero-order valence-electron chi connectivity index (χ0n) is 15.7. The first-order valence-electron chi connectivity index (χ1n) is 9.07. The van der Waals surface area contributed by atoms with E-state index in [1.165, 1.54) is 0 Å². The molecular weight excluding hydrogens is 324 g/mol. The van der Waals surface area contributed by atoms with Crippen LogP contribution in [-0.4, -0.2) is 43.8 Å². The number of hydrogen-bond donors (Lipinski definition) is 0. The SMILES string of the molecule is CC(=O)C1(c2ccccc2)CCN(C(=O)c2cccc(N(C)C)c2)CC1. The van der Waals surface area contributed by atoms with Crippen LogP contribution in [0.15, 0.2) is 54.6 Å². The average Bonchev–Trinajstić information content (AvgIpc) is 2.68. The predicted octanol–water partition coefficient (Wildman–Crippen LogP) is 3.52. The third-order valence-electron chi connectivity index (χ3n) is 5.51. The third kappa shape index (κ3) is 3.36. The van der Waals surface area contributed by atoms with Crippen molar-refractivity contribution in [2.45, 2.75) is 25.2 Å². The molecule has 0 aromatic heterocycles. The number of likely N-dealkylation sites (tertiary alicyclic amines) is 1. The molecule has 0 radical (unpaired) electrons. The number of carbonyl (C=O) groups excluding carboxylic acids is 2. The van der Waals surface area contributed by atoms with Gasteiger partial charge in [0.05, 0.1) is 5.41 Å². The van der Waals surface area contributed by atoms with E-state index >= 15 is 0 Å². The third-order valence-corrected chi connectivity index (χ3v) is 5.51. The van der Waals surface area contributed by atoms with E-state index in [0.717, 1.165) is 11.3 Å². The molecule has 1 fully saturated rings. The predicted molar refractivity (Wildman–Crippen MR) is 105 cm³/mol.